The average Bonchev–Trinajstić information content (AvgIpc) is 2.66. The molecule has 0 aromatic heterocycles. The number of anilines is 1. The number of urea groups is 1. The van der Waals surface area contributed by atoms with E-state index in [9.17, 15) is 19.2 Å². The minimum Gasteiger partial charge on any atom is -0.449 e. The van der Waals surface area contributed by atoms with Gasteiger partial charge in [-0.15, -0.1) is 0 Å². The van der Waals surface area contributed by atoms with Gasteiger partial charge in [-0.3, -0.25) is 14.9 Å². The molecule has 8 heteroatoms. The third-order valence-electron chi connectivity index (χ3n) is 6.80. The third-order valence-corrected chi connectivity index (χ3v) is 6.80. The van der Waals surface area contributed by atoms with Crippen LogP contribution in [0.2, 0.25) is 0 Å². The fourth-order valence-corrected chi connectivity index (χ4v) is 5.85. The second-order valence-electron chi connectivity index (χ2n) is 9.13. The lowest BCUT2D eigenvalue weighted by Gasteiger charge is -2.55. The highest BCUT2D eigenvalue weighted by atomic mass is 16.5. The zero-order chi connectivity index (χ0) is 21.5. The van der Waals surface area contributed by atoms with Crippen LogP contribution in [-0.4, -0.2) is 29.9 Å². The molecule has 4 aliphatic rings. The van der Waals surface area contributed by atoms with Gasteiger partial charge in [-0.25, -0.2) is 9.59 Å². The number of rotatable bonds is 5. The van der Waals surface area contributed by atoms with Crippen LogP contribution in [0.5, 0.6) is 0 Å². The Morgan fingerprint density at radius 2 is 1.53 bits per heavy atom. The topological polar surface area (TPSA) is 128 Å². The molecule has 4 saturated carbocycles. The molecular formula is C22H27N3O5. The van der Waals surface area contributed by atoms with Gasteiger partial charge in [0.25, 0.3) is 5.91 Å². The van der Waals surface area contributed by atoms with Gasteiger partial charge in [0.2, 0.25) is 5.91 Å². The highest BCUT2D eigenvalue weighted by molar-refractivity contribution is 5.99. The molecule has 30 heavy (non-hydrogen) atoms. The number of hydrogen-bond donors (Lipinski definition) is 3. The molecule has 0 radical (unpaired) electrons. The van der Waals surface area contributed by atoms with Crippen LogP contribution in [0, 0.1) is 23.2 Å². The van der Waals surface area contributed by atoms with Gasteiger partial charge in [0.1, 0.15) is 0 Å². The van der Waals surface area contributed by atoms with E-state index in [-0.39, 0.29) is 16.9 Å². The second-order valence-corrected chi connectivity index (χ2v) is 9.13. The summed E-state index contributed by atoms with van der Waals surface area (Å²) in [5, 5.41) is 4.90. The van der Waals surface area contributed by atoms with Gasteiger partial charge < -0.3 is 15.8 Å². The lowest BCUT2D eigenvalue weighted by molar-refractivity contribution is -0.140. The Bertz CT molecular complexity index is 844. The summed E-state index contributed by atoms with van der Waals surface area (Å²) in [5.41, 5.74) is 5.51. The minimum absolute atomic E-state index is 0.0914. The maximum Gasteiger partial charge on any atom is 0.338 e. The van der Waals surface area contributed by atoms with Crippen LogP contribution >= 0.6 is 0 Å². The number of nitrogens with two attached hydrogens (primary N) is 1. The number of esters is 1. The van der Waals surface area contributed by atoms with Gasteiger partial charge in [0.15, 0.2) is 6.10 Å². The standard InChI is InChI=1S/C22H27N3O5/c1-12(18(26)25-21(23)29)30-19(27)16-2-4-17(5-3-16)24-20(28)22-9-13-6-14(10-22)8-15(7-13)11-22/h2-5,12-15H,6-11H2,1H3,(H,24,28)(H3,23,25,26,29)/t12-,13?,14?,15?,22?/m0/s1. The summed E-state index contributed by atoms with van der Waals surface area (Å²) in [5.74, 6) is 0.652. The lowest BCUT2D eigenvalue weighted by Crippen LogP contribution is -2.51. The number of carbonyl (C=O) groups is 4. The normalized spacial score (nSPS) is 29.7. The maximum atomic E-state index is 13.1. The summed E-state index contributed by atoms with van der Waals surface area (Å²) < 4.78 is 5.04. The number of carbonyl (C=O) groups excluding carboxylic acids is 4. The molecule has 0 unspecified atom stereocenters. The van der Waals surface area contributed by atoms with Crippen LogP contribution in [0.1, 0.15) is 55.8 Å². The van der Waals surface area contributed by atoms with E-state index in [2.05, 4.69) is 5.32 Å². The van der Waals surface area contributed by atoms with Crippen molar-refractivity contribution in [3.8, 4) is 0 Å². The first-order valence-electron chi connectivity index (χ1n) is 10.5. The number of imide groups is 1. The van der Waals surface area contributed by atoms with Gasteiger partial charge in [0.05, 0.1) is 11.0 Å². The summed E-state index contributed by atoms with van der Waals surface area (Å²) in [4.78, 5) is 47.6. The first-order valence-corrected chi connectivity index (χ1v) is 10.5. The molecule has 4 amide bonds. The van der Waals surface area contributed by atoms with E-state index in [1.165, 1.54) is 38.3 Å². The van der Waals surface area contributed by atoms with Crippen molar-refractivity contribution in [2.75, 3.05) is 5.32 Å². The van der Waals surface area contributed by atoms with Crippen molar-refractivity contribution in [2.45, 2.75) is 51.6 Å². The largest absolute Gasteiger partial charge is 0.449 e. The van der Waals surface area contributed by atoms with E-state index in [0.717, 1.165) is 19.3 Å². The molecule has 0 saturated heterocycles. The zero-order valence-corrected chi connectivity index (χ0v) is 17.0. The first-order chi connectivity index (χ1) is 14.2. The highest BCUT2D eigenvalue weighted by Gasteiger charge is 2.54. The number of benzene rings is 1. The quantitative estimate of drug-likeness (QED) is 0.639. The summed E-state index contributed by atoms with van der Waals surface area (Å²) >= 11 is 0. The van der Waals surface area contributed by atoms with Crippen LogP contribution in [0.4, 0.5) is 10.5 Å². The molecule has 1 atom stereocenters. The van der Waals surface area contributed by atoms with Crippen LogP contribution in [0.15, 0.2) is 24.3 Å². The van der Waals surface area contributed by atoms with Crippen molar-refractivity contribution in [1.29, 1.82) is 0 Å². The van der Waals surface area contributed by atoms with E-state index in [0.29, 0.717) is 23.4 Å². The van der Waals surface area contributed by atoms with Crippen molar-refractivity contribution in [3.05, 3.63) is 29.8 Å². The van der Waals surface area contributed by atoms with E-state index in [4.69, 9.17) is 10.5 Å². The predicted molar refractivity (Wildman–Crippen MR) is 108 cm³/mol. The fourth-order valence-electron chi connectivity index (χ4n) is 5.85. The molecule has 4 fully saturated rings. The van der Waals surface area contributed by atoms with Crippen LogP contribution in [0.25, 0.3) is 0 Å². The summed E-state index contributed by atoms with van der Waals surface area (Å²) in [6.07, 6.45) is 5.62. The van der Waals surface area contributed by atoms with Crippen molar-refractivity contribution in [3.63, 3.8) is 0 Å². The first kappa shape index (κ1) is 20.4. The van der Waals surface area contributed by atoms with E-state index < -0.39 is 24.0 Å². The van der Waals surface area contributed by atoms with Crippen LogP contribution in [-0.2, 0) is 14.3 Å². The molecule has 0 aliphatic heterocycles. The number of ether oxygens (including phenoxy) is 1. The lowest BCUT2D eigenvalue weighted by atomic mass is 9.49. The Morgan fingerprint density at radius 3 is 2.03 bits per heavy atom. The van der Waals surface area contributed by atoms with Crippen LogP contribution < -0.4 is 16.4 Å². The highest BCUT2D eigenvalue weighted by Crippen LogP contribution is 2.60. The number of primary amides is 1. The molecule has 8 nitrogen and oxygen atoms in total. The third kappa shape index (κ3) is 4.04. The summed E-state index contributed by atoms with van der Waals surface area (Å²) in [6.45, 7) is 1.34. The molecule has 4 N–H and O–H groups in total. The van der Waals surface area contributed by atoms with E-state index in [1.54, 1.807) is 12.1 Å². The molecular weight excluding hydrogens is 386 g/mol. The van der Waals surface area contributed by atoms with Gasteiger partial charge in [0, 0.05) is 5.69 Å². The summed E-state index contributed by atoms with van der Waals surface area (Å²) in [6, 6.07) is 5.38. The average molecular weight is 413 g/mol. The smallest absolute Gasteiger partial charge is 0.338 e. The second kappa shape index (κ2) is 7.74. The molecule has 5 rings (SSSR count). The molecule has 1 aromatic rings. The number of amides is 4. The van der Waals surface area contributed by atoms with Crippen molar-refractivity contribution < 1.29 is 23.9 Å². The minimum atomic E-state index is -1.17. The number of nitrogens with one attached hydrogen (secondary N) is 2. The molecule has 1 aromatic carbocycles. The molecule has 4 bridgehead atoms. The SMILES string of the molecule is C[C@H](OC(=O)c1ccc(NC(=O)C23CC4CC(CC(C4)C2)C3)cc1)C(=O)NC(N)=O. The zero-order valence-electron chi connectivity index (χ0n) is 17.0. The summed E-state index contributed by atoms with van der Waals surface area (Å²) in [7, 11) is 0. The molecule has 0 heterocycles. The Balaban J connectivity index is 1.36. The maximum absolute atomic E-state index is 13.1. The predicted octanol–water partition coefficient (Wildman–Crippen LogP) is 2.58. The Hall–Kier alpha value is -2.90. The number of hydrogen-bond acceptors (Lipinski definition) is 5. The van der Waals surface area contributed by atoms with Crippen LogP contribution in [0.3, 0.4) is 0 Å². The van der Waals surface area contributed by atoms with E-state index in [1.807, 2.05) is 5.32 Å². The monoisotopic (exact) mass is 413 g/mol. The molecule has 4 aliphatic carbocycles. The van der Waals surface area contributed by atoms with E-state index >= 15 is 0 Å². The fraction of sp³-hybridized carbons (Fsp3) is 0.545. The van der Waals surface area contributed by atoms with Gasteiger partial charge >= 0.3 is 12.0 Å². The van der Waals surface area contributed by atoms with Crippen molar-refractivity contribution >= 4 is 29.5 Å². The van der Waals surface area contributed by atoms with Crippen molar-refractivity contribution in [2.24, 2.45) is 28.9 Å². The van der Waals surface area contributed by atoms with Crippen molar-refractivity contribution in [1.82, 2.24) is 5.32 Å². The molecule has 160 valence electrons. The van der Waals surface area contributed by atoms with Gasteiger partial charge in [-0.1, -0.05) is 0 Å². The molecule has 0 spiro atoms. The Kier molecular flexibility index (Phi) is 5.26. The van der Waals surface area contributed by atoms with Gasteiger partial charge in [-0.05, 0) is 87.5 Å². The van der Waals surface area contributed by atoms with Gasteiger partial charge in [-0.2, -0.15) is 0 Å². The Morgan fingerprint density at radius 1 is 1.00 bits per heavy atom. The Labute approximate surface area is 174 Å².